The SMILES string of the molecule is C[C@@H]1C[C@H](C)CN(C(=O)[C@@H](C)[NH+]2CCC[C@H](C(N)=O)C2)C1. The van der Waals surface area contributed by atoms with Gasteiger partial charge in [0.05, 0.1) is 19.0 Å². The second kappa shape index (κ2) is 6.77. The number of rotatable bonds is 3. The van der Waals surface area contributed by atoms with E-state index in [0.29, 0.717) is 18.4 Å². The number of carbonyl (C=O) groups excluding carboxylic acids is 2. The topological polar surface area (TPSA) is 67.8 Å². The van der Waals surface area contributed by atoms with Gasteiger partial charge in [0.15, 0.2) is 6.04 Å². The minimum absolute atomic E-state index is 0.0651. The van der Waals surface area contributed by atoms with Crippen molar-refractivity contribution in [3.63, 3.8) is 0 Å². The number of primary amides is 1. The largest absolute Gasteiger partial charge is 0.369 e. The summed E-state index contributed by atoms with van der Waals surface area (Å²) in [6.45, 7) is 9.87. The number of hydrogen-bond acceptors (Lipinski definition) is 2. The van der Waals surface area contributed by atoms with Crippen molar-refractivity contribution in [2.45, 2.75) is 46.1 Å². The molecule has 2 rings (SSSR count). The van der Waals surface area contributed by atoms with Crippen LogP contribution in [0.15, 0.2) is 0 Å². The molecule has 2 aliphatic heterocycles. The van der Waals surface area contributed by atoms with Gasteiger partial charge in [-0.05, 0) is 38.0 Å². The third kappa shape index (κ3) is 3.96. The summed E-state index contributed by atoms with van der Waals surface area (Å²) in [7, 11) is 0. The number of amides is 2. The van der Waals surface area contributed by atoms with Gasteiger partial charge in [-0.3, -0.25) is 9.59 Å². The Labute approximate surface area is 127 Å². The lowest BCUT2D eigenvalue weighted by Gasteiger charge is -2.39. The second-order valence-electron chi connectivity index (χ2n) is 7.26. The van der Waals surface area contributed by atoms with Crippen LogP contribution >= 0.6 is 0 Å². The lowest BCUT2D eigenvalue weighted by Crippen LogP contribution is -3.18. The fourth-order valence-electron chi connectivity index (χ4n) is 4.02. The Morgan fingerprint density at radius 1 is 1.24 bits per heavy atom. The number of quaternary nitrogens is 1. The zero-order valence-electron chi connectivity index (χ0n) is 13.6. The average molecular weight is 296 g/mol. The molecule has 3 N–H and O–H groups in total. The molecular formula is C16H30N3O2+. The molecule has 21 heavy (non-hydrogen) atoms. The van der Waals surface area contributed by atoms with E-state index >= 15 is 0 Å². The van der Waals surface area contributed by atoms with Crippen LogP contribution in [0.25, 0.3) is 0 Å². The van der Waals surface area contributed by atoms with Crippen molar-refractivity contribution in [3.05, 3.63) is 0 Å². The number of nitrogens with one attached hydrogen (secondary N) is 1. The van der Waals surface area contributed by atoms with Gasteiger partial charge in [-0.1, -0.05) is 13.8 Å². The Balaban J connectivity index is 1.96. The molecule has 120 valence electrons. The van der Waals surface area contributed by atoms with Crippen molar-refractivity contribution in [2.75, 3.05) is 26.2 Å². The predicted molar refractivity (Wildman–Crippen MR) is 81.6 cm³/mol. The smallest absolute Gasteiger partial charge is 0.280 e. The van der Waals surface area contributed by atoms with Gasteiger partial charge in [0.25, 0.3) is 5.91 Å². The molecule has 0 aromatic heterocycles. The molecule has 2 fully saturated rings. The first-order valence-corrected chi connectivity index (χ1v) is 8.31. The van der Waals surface area contributed by atoms with Crippen LogP contribution in [0.5, 0.6) is 0 Å². The van der Waals surface area contributed by atoms with Gasteiger partial charge in [0.2, 0.25) is 5.91 Å². The minimum atomic E-state index is -0.216. The van der Waals surface area contributed by atoms with Crippen molar-refractivity contribution in [2.24, 2.45) is 23.5 Å². The highest BCUT2D eigenvalue weighted by Crippen LogP contribution is 2.21. The van der Waals surface area contributed by atoms with Gasteiger partial charge in [-0.2, -0.15) is 0 Å². The number of likely N-dealkylation sites (tertiary alicyclic amines) is 2. The van der Waals surface area contributed by atoms with E-state index in [2.05, 4.69) is 13.8 Å². The highest BCUT2D eigenvalue weighted by molar-refractivity contribution is 5.80. The summed E-state index contributed by atoms with van der Waals surface area (Å²) in [4.78, 5) is 27.4. The van der Waals surface area contributed by atoms with Crippen molar-refractivity contribution >= 4 is 11.8 Å². The number of piperidine rings is 2. The monoisotopic (exact) mass is 296 g/mol. The number of hydrogen-bond donors (Lipinski definition) is 2. The molecule has 5 nitrogen and oxygen atoms in total. The van der Waals surface area contributed by atoms with Crippen LogP contribution in [0.4, 0.5) is 0 Å². The second-order valence-corrected chi connectivity index (χ2v) is 7.26. The molecule has 5 atom stereocenters. The zero-order valence-corrected chi connectivity index (χ0v) is 13.6. The summed E-state index contributed by atoms with van der Waals surface area (Å²) in [6, 6.07) is -0.0651. The Bertz CT molecular complexity index is 389. The fraction of sp³-hybridized carbons (Fsp3) is 0.875. The molecule has 0 aromatic carbocycles. The Morgan fingerprint density at radius 2 is 1.86 bits per heavy atom. The van der Waals surface area contributed by atoms with Crippen LogP contribution in [0.1, 0.15) is 40.0 Å². The molecular weight excluding hydrogens is 266 g/mol. The standard InChI is InChI=1S/C16H29N3O2/c1-11-7-12(2)9-19(8-11)16(21)13(3)18-6-4-5-14(10-18)15(17)20/h11-14H,4-10H2,1-3H3,(H2,17,20)/p+1/t11-,12+,13-,14+/m1/s1. The van der Waals surface area contributed by atoms with E-state index in [1.54, 1.807) is 0 Å². The van der Waals surface area contributed by atoms with Crippen molar-refractivity contribution in [1.29, 1.82) is 0 Å². The third-order valence-corrected chi connectivity index (χ3v) is 5.12. The Kier molecular flexibility index (Phi) is 5.25. The predicted octanol–water partition coefficient (Wildman–Crippen LogP) is -0.340. The molecule has 2 amide bonds. The quantitative estimate of drug-likeness (QED) is 0.748. The van der Waals surface area contributed by atoms with Gasteiger partial charge < -0.3 is 15.5 Å². The number of nitrogens with two attached hydrogens (primary N) is 1. The highest BCUT2D eigenvalue weighted by atomic mass is 16.2. The van der Waals surface area contributed by atoms with Crippen LogP contribution in [-0.2, 0) is 9.59 Å². The summed E-state index contributed by atoms with van der Waals surface area (Å²) >= 11 is 0. The van der Waals surface area contributed by atoms with E-state index in [-0.39, 0.29) is 23.8 Å². The zero-order chi connectivity index (χ0) is 15.6. The van der Waals surface area contributed by atoms with Crippen LogP contribution in [-0.4, -0.2) is 48.9 Å². The van der Waals surface area contributed by atoms with E-state index in [0.717, 1.165) is 32.5 Å². The first kappa shape index (κ1) is 16.3. The lowest BCUT2D eigenvalue weighted by atomic mass is 9.91. The highest BCUT2D eigenvalue weighted by Gasteiger charge is 2.36. The average Bonchev–Trinajstić information content (AvgIpc) is 2.44. The molecule has 0 aromatic rings. The van der Waals surface area contributed by atoms with E-state index in [1.165, 1.54) is 11.3 Å². The normalized spacial score (nSPS) is 35.3. The van der Waals surface area contributed by atoms with E-state index in [4.69, 9.17) is 5.73 Å². The van der Waals surface area contributed by atoms with Crippen LogP contribution in [0.3, 0.4) is 0 Å². The molecule has 1 unspecified atom stereocenters. The molecule has 0 aliphatic carbocycles. The third-order valence-electron chi connectivity index (χ3n) is 5.12. The van der Waals surface area contributed by atoms with E-state index in [1.807, 2.05) is 11.8 Å². The molecule has 0 bridgehead atoms. The number of carbonyl (C=O) groups is 2. The van der Waals surface area contributed by atoms with E-state index < -0.39 is 0 Å². The van der Waals surface area contributed by atoms with Gasteiger partial charge in [0.1, 0.15) is 0 Å². The maximum atomic E-state index is 12.8. The Hall–Kier alpha value is -1.10. The van der Waals surface area contributed by atoms with Crippen molar-refractivity contribution in [3.8, 4) is 0 Å². The summed E-state index contributed by atoms with van der Waals surface area (Å²) < 4.78 is 0. The van der Waals surface area contributed by atoms with Crippen molar-refractivity contribution in [1.82, 2.24) is 4.90 Å². The summed E-state index contributed by atoms with van der Waals surface area (Å²) in [5, 5.41) is 0. The molecule has 5 heteroatoms. The van der Waals surface area contributed by atoms with Gasteiger partial charge in [-0.15, -0.1) is 0 Å². The number of nitrogens with zero attached hydrogens (tertiary/aromatic N) is 1. The fourth-order valence-corrected chi connectivity index (χ4v) is 4.02. The van der Waals surface area contributed by atoms with Crippen LogP contribution in [0, 0.1) is 17.8 Å². The first-order valence-electron chi connectivity index (χ1n) is 8.31. The van der Waals surface area contributed by atoms with Gasteiger partial charge >= 0.3 is 0 Å². The summed E-state index contributed by atoms with van der Waals surface area (Å²) in [5.41, 5.74) is 5.44. The molecule has 0 spiro atoms. The summed E-state index contributed by atoms with van der Waals surface area (Å²) in [5.74, 6) is 1.13. The molecule has 2 aliphatic rings. The minimum Gasteiger partial charge on any atom is -0.369 e. The molecule has 0 radical (unpaired) electrons. The van der Waals surface area contributed by atoms with Crippen LogP contribution in [0.2, 0.25) is 0 Å². The summed E-state index contributed by atoms with van der Waals surface area (Å²) in [6.07, 6.45) is 3.06. The van der Waals surface area contributed by atoms with E-state index in [9.17, 15) is 9.59 Å². The van der Waals surface area contributed by atoms with Gasteiger partial charge in [0, 0.05) is 13.1 Å². The van der Waals surface area contributed by atoms with Gasteiger partial charge in [-0.25, -0.2) is 0 Å². The lowest BCUT2D eigenvalue weighted by molar-refractivity contribution is -0.921. The Morgan fingerprint density at radius 3 is 2.43 bits per heavy atom. The van der Waals surface area contributed by atoms with Crippen LogP contribution < -0.4 is 10.6 Å². The maximum absolute atomic E-state index is 12.8. The first-order chi connectivity index (χ1) is 9.88. The maximum Gasteiger partial charge on any atom is 0.280 e. The molecule has 0 saturated carbocycles. The molecule has 2 saturated heterocycles. The molecule has 2 heterocycles. The van der Waals surface area contributed by atoms with Crippen molar-refractivity contribution < 1.29 is 14.5 Å².